The molecule has 2 aliphatic carbocycles. The Morgan fingerprint density at radius 1 is 1.10 bits per heavy atom. The van der Waals surface area contributed by atoms with Gasteiger partial charge in [-0.1, -0.05) is 12.8 Å². The number of fused-ring (bicyclic) bond motifs is 3. The van der Waals surface area contributed by atoms with Crippen LogP contribution in [0.15, 0.2) is 30.5 Å². The molecule has 2 aliphatic heterocycles. The number of carbonyl (C=O) groups excluding carboxylic acids is 4. The Hall–Kier alpha value is -3.79. The van der Waals surface area contributed by atoms with Crippen LogP contribution in [0.25, 0.3) is 10.8 Å². The summed E-state index contributed by atoms with van der Waals surface area (Å²) in [5.74, 6) is -0.0954. The van der Waals surface area contributed by atoms with Crippen molar-refractivity contribution in [1.82, 2.24) is 25.2 Å². The topological polar surface area (TPSA) is 182 Å². The Balaban J connectivity index is 1.30. The van der Waals surface area contributed by atoms with Crippen molar-refractivity contribution in [3.8, 4) is 11.6 Å². The van der Waals surface area contributed by atoms with Gasteiger partial charge in [-0.3, -0.25) is 19.1 Å². The van der Waals surface area contributed by atoms with Crippen molar-refractivity contribution in [2.24, 2.45) is 5.92 Å². The monoisotopic (exact) mass is 745 g/mol. The van der Waals surface area contributed by atoms with Gasteiger partial charge in [-0.15, -0.1) is 0 Å². The molecule has 1 aromatic carbocycles. The van der Waals surface area contributed by atoms with E-state index in [9.17, 15) is 27.6 Å². The second-order valence-corrected chi connectivity index (χ2v) is 18.0. The first kappa shape index (κ1) is 37.0. The number of carbonyl (C=O) groups is 4. The molecule has 2 saturated carbocycles. The van der Waals surface area contributed by atoms with E-state index in [0.717, 1.165) is 30.4 Å². The molecule has 0 bridgehead atoms. The van der Waals surface area contributed by atoms with Crippen molar-refractivity contribution >= 4 is 56.4 Å². The fourth-order valence-corrected chi connectivity index (χ4v) is 9.23. The fraction of sp³-hybridized carbons (Fsp3) is 0.629. The number of amides is 4. The predicted octanol–water partition coefficient (Wildman–Crippen LogP) is 3.28. The van der Waals surface area contributed by atoms with E-state index in [2.05, 4.69) is 20.3 Å². The quantitative estimate of drug-likeness (QED) is 0.378. The standard InChI is InChI=1S/C35H47N5O9S2/c1-34(2,3)49-33(44)37-27-20-50-15-7-5-6-8-22-18-35(22,32(43)39-51(45,46)25-10-11-25)38-29(41)28-17-24(19-40(28)31(27)42)48-30-26-12-9-23(47-4)16-21(26)13-14-36-30/h9,12-14,16,22,24-25,27-28H,5-8,10-11,15,17-20H2,1-4H3,(H,37,44)(H,38,41)(H,39,43)/t22-,24-,27+,28+,35-/m1/s1. The van der Waals surface area contributed by atoms with Crippen LogP contribution in [0.2, 0.25) is 0 Å². The molecule has 2 saturated heterocycles. The van der Waals surface area contributed by atoms with Gasteiger partial charge in [0.1, 0.15) is 35.1 Å². The van der Waals surface area contributed by atoms with Crippen LogP contribution in [-0.2, 0) is 29.1 Å². The number of nitrogens with zero attached hydrogens (tertiary/aromatic N) is 2. The summed E-state index contributed by atoms with van der Waals surface area (Å²) in [6.07, 6.45) is 4.66. The number of benzene rings is 1. The van der Waals surface area contributed by atoms with Crippen molar-refractivity contribution in [3.63, 3.8) is 0 Å². The van der Waals surface area contributed by atoms with Gasteiger partial charge >= 0.3 is 6.09 Å². The van der Waals surface area contributed by atoms with Crippen molar-refractivity contribution in [2.45, 2.75) is 107 Å². The van der Waals surface area contributed by atoms with Gasteiger partial charge in [0, 0.05) is 23.8 Å². The molecular weight excluding hydrogens is 699 g/mol. The second-order valence-electron chi connectivity index (χ2n) is 14.8. The van der Waals surface area contributed by atoms with Gasteiger partial charge in [0.25, 0.3) is 5.91 Å². The van der Waals surface area contributed by atoms with Crippen LogP contribution in [0.3, 0.4) is 0 Å². The van der Waals surface area contributed by atoms with Crippen molar-refractivity contribution < 1.29 is 41.8 Å². The number of methoxy groups -OCH3 is 1. The van der Waals surface area contributed by atoms with E-state index in [-0.39, 0.29) is 24.6 Å². The molecule has 4 aliphatic rings. The third-order valence-electron chi connectivity index (χ3n) is 9.73. The van der Waals surface area contributed by atoms with Gasteiger partial charge in [0.05, 0.1) is 18.9 Å². The molecule has 1 aromatic heterocycles. The molecule has 0 radical (unpaired) electrons. The molecule has 4 fully saturated rings. The first-order chi connectivity index (χ1) is 24.2. The minimum absolute atomic E-state index is 0.000984. The van der Waals surface area contributed by atoms with Crippen LogP contribution >= 0.6 is 11.8 Å². The molecule has 16 heteroatoms. The van der Waals surface area contributed by atoms with E-state index in [1.54, 1.807) is 40.1 Å². The average Bonchev–Trinajstić information content (AvgIpc) is 3.99. The molecule has 5 atom stereocenters. The molecule has 0 spiro atoms. The summed E-state index contributed by atoms with van der Waals surface area (Å²) in [6, 6.07) is 5.20. The average molecular weight is 746 g/mol. The first-order valence-corrected chi connectivity index (χ1v) is 20.2. The third-order valence-corrected chi connectivity index (χ3v) is 12.7. The summed E-state index contributed by atoms with van der Waals surface area (Å²) in [4.78, 5) is 61.1. The van der Waals surface area contributed by atoms with E-state index < -0.39 is 68.4 Å². The predicted molar refractivity (Wildman–Crippen MR) is 191 cm³/mol. The number of hydrogen-bond acceptors (Lipinski definition) is 11. The zero-order chi connectivity index (χ0) is 36.6. The summed E-state index contributed by atoms with van der Waals surface area (Å²) in [6.45, 7) is 5.19. The summed E-state index contributed by atoms with van der Waals surface area (Å²) in [5, 5.41) is 6.58. The van der Waals surface area contributed by atoms with Gasteiger partial charge < -0.3 is 29.7 Å². The summed E-state index contributed by atoms with van der Waals surface area (Å²) in [7, 11) is -2.28. The number of sulfonamides is 1. The van der Waals surface area contributed by atoms with Crippen molar-refractivity contribution in [2.75, 3.05) is 25.2 Å². The van der Waals surface area contributed by atoms with Crippen LogP contribution in [0.1, 0.15) is 72.1 Å². The Bertz CT molecular complexity index is 1780. The lowest BCUT2D eigenvalue weighted by molar-refractivity contribution is -0.140. The number of pyridine rings is 1. The molecule has 3 heterocycles. The Morgan fingerprint density at radius 3 is 2.61 bits per heavy atom. The Labute approximate surface area is 302 Å². The molecule has 3 N–H and O–H groups in total. The lowest BCUT2D eigenvalue weighted by atomic mass is 10.1. The molecule has 14 nitrogen and oxygen atoms in total. The molecule has 278 valence electrons. The van der Waals surface area contributed by atoms with Gasteiger partial charge in [0.15, 0.2) is 0 Å². The lowest BCUT2D eigenvalue weighted by Crippen LogP contribution is -2.58. The zero-order valence-electron chi connectivity index (χ0n) is 29.4. The third kappa shape index (κ3) is 8.65. The van der Waals surface area contributed by atoms with Crippen LogP contribution in [0.5, 0.6) is 11.6 Å². The minimum atomic E-state index is -3.86. The van der Waals surface area contributed by atoms with Crippen molar-refractivity contribution in [3.05, 3.63) is 30.5 Å². The number of alkyl carbamates (subject to hydrolysis) is 1. The fourth-order valence-electron chi connectivity index (χ4n) is 6.83. The largest absolute Gasteiger partial charge is 0.497 e. The maximum Gasteiger partial charge on any atom is 0.408 e. The Morgan fingerprint density at radius 2 is 1.88 bits per heavy atom. The molecule has 2 aromatic rings. The maximum atomic E-state index is 14.4. The zero-order valence-corrected chi connectivity index (χ0v) is 31.1. The van der Waals surface area contributed by atoms with Crippen LogP contribution in [0.4, 0.5) is 4.79 Å². The van der Waals surface area contributed by atoms with E-state index >= 15 is 0 Å². The highest BCUT2D eigenvalue weighted by Gasteiger charge is 2.62. The normalized spacial score (nSPS) is 27.6. The Kier molecular flexibility index (Phi) is 10.6. The minimum Gasteiger partial charge on any atom is -0.497 e. The van der Waals surface area contributed by atoms with Crippen molar-refractivity contribution in [1.29, 1.82) is 0 Å². The van der Waals surface area contributed by atoms with E-state index in [1.807, 2.05) is 18.2 Å². The number of rotatable bonds is 7. The number of aromatic nitrogens is 1. The molecule has 51 heavy (non-hydrogen) atoms. The van der Waals surface area contributed by atoms with Crippen LogP contribution in [0, 0.1) is 5.92 Å². The first-order valence-electron chi connectivity index (χ1n) is 17.5. The number of ether oxygens (including phenoxy) is 3. The lowest BCUT2D eigenvalue weighted by Gasteiger charge is -2.30. The van der Waals surface area contributed by atoms with Gasteiger partial charge in [-0.25, -0.2) is 18.2 Å². The van der Waals surface area contributed by atoms with E-state index in [4.69, 9.17) is 14.2 Å². The maximum absolute atomic E-state index is 14.4. The SMILES string of the molecule is COc1ccc2c(O[C@@H]3C[C@H]4C(=O)N[C@]5(C(=O)NS(=O)(=O)C6CC6)C[C@H]5CCCCCSC[C@H](NC(=O)OC(C)(C)C)C(=O)N4C3)nccc2c1. The summed E-state index contributed by atoms with van der Waals surface area (Å²) < 4.78 is 45.1. The van der Waals surface area contributed by atoms with Gasteiger partial charge in [0.2, 0.25) is 27.7 Å². The van der Waals surface area contributed by atoms with Gasteiger partial charge in [-0.2, -0.15) is 11.8 Å². The highest BCUT2D eigenvalue weighted by atomic mass is 32.2. The number of nitrogens with one attached hydrogen (secondary N) is 3. The van der Waals surface area contributed by atoms with Crippen LogP contribution in [-0.4, -0.2) is 102 Å². The second kappa shape index (κ2) is 14.7. The molecular formula is C35H47N5O9S2. The summed E-state index contributed by atoms with van der Waals surface area (Å²) in [5.41, 5.74) is -2.21. The molecule has 4 amide bonds. The number of hydrogen-bond donors (Lipinski definition) is 3. The highest BCUT2D eigenvalue weighted by Crippen LogP contribution is 2.48. The van der Waals surface area contributed by atoms with E-state index in [0.29, 0.717) is 42.7 Å². The molecule has 0 unspecified atom stereocenters. The highest BCUT2D eigenvalue weighted by molar-refractivity contribution is 7.99. The summed E-state index contributed by atoms with van der Waals surface area (Å²) >= 11 is 1.53. The molecule has 6 rings (SSSR count). The smallest absolute Gasteiger partial charge is 0.408 e. The van der Waals surface area contributed by atoms with Gasteiger partial charge in [-0.05, 0) is 94.2 Å². The number of thioether (sulfide) groups is 1. The van der Waals surface area contributed by atoms with Crippen LogP contribution < -0.4 is 24.8 Å². The van der Waals surface area contributed by atoms with E-state index in [1.165, 1.54) is 16.7 Å².